The van der Waals surface area contributed by atoms with Crippen molar-refractivity contribution in [1.29, 1.82) is 5.26 Å². The van der Waals surface area contributed by atoms with E-state index < -0.39 is 0 Å². The third-order valence-electron chi connectivity index (χ3n) is 8.00. The molecule has 0 spiro atoms. The van der Waals surface area contributed by atoms with Crippen LogP contribution >= 0.6 is 0 Å². The number of carbonyl (C=O) groups excluding carboxylic acids is 1. The molecular weight excluding hydrogens is 580 g/mol. The normalized spacial score (nSPS) is 13.7. The molecule has 2 heterocycles. The van der Waals surface area contributed by atoms with Crippen LogP contribution in [0.3, 0.4) is 0 Å². The van der Waals surface area contributed by atoms with Gasteiger partial charge in [-0.2, -0.15) is 5.26 Å². The van der Waals surface area contributed by atoms with Crippen LogP contribution in [-0.2, 0) is 17.9 Å². The molecule has 1 aliphatic heterocycles. The van der Waals surface area contributed by atoms with Crippen molar-refractivity contribution in [2.45, 2.75) is 46.4 Å². The summed E-state index contributed by atoms with van der Waals surface area (Å²) in [5, 5.41) is 9.56. The maximum atomic E-state index is 14.2. The maximum absolute atomic E-state index is 14.2. The highest BCUT2D eigenvalue weighted by molar-refractivity contribution is 5.78. The summed E-state index contributed by atoms with van der Waals surface area (Å²) in [6.45, 7) is 10.00. The van der Waals surface area contributed by atoms with Crippen molar-refractivity contribution in [2.24, 2.45) is 0 Å². The van der Waals surface area contributed by atoms with Crippen LogP contribution in [0.1, 0.15) is 37.2 Å². The molecule has 240 valence electrons. The first-order valence-corrected chi connectivity index (χ1v) is 15.8. The Hall–Kier alpha value is -4.72. The number of para-hydroxylation sites is 1. The predicted molar refractivity (Wildman–Crippen MR) is 178 cm³/mol. The summed E-state index contributed by atoms with van der Waals surface area (Å²) in [7, 11) is 1.98. The van der Waals surface area contributed by atoms with E-state index in [4.69, 9.17) is 19.7 Å². The van der Waals surface area contributed by atoms with Gasteiger partial charge in [-0.3, -0.25) is 19.1 Å². The van der Waals surface area contributed by atoms with Crippen LogP contribution in [0.25, 0.3) is 16.6 Å². The summed E-state index contributed by atoms with van der Waals surface area (Å²) >= 11 is 0. The van der Waals surface area contributed by atoms with E-state index in [9.17, 15) is 9.59 Å². The van der Waals surface area contributed by atoms with Crippen LogP contribution in [0.4, 0.5) is 0 Å². The van der Waals surface area contributed by atoms with Gasteiger partial charge < -0.3 is 19.3 Å². The lowest BCUT2D eigenvalue weighted by Crippen LogP contribution is -2.50. The molecule has 10 nitrogen and oxygen atoms in total. The molecule has 1 fully saturated rings. The monoisotopic (exact) mass is 622 g/mol. The van der Waals surface area contributed by atoms with Gasteiger partial charge in [-0.15, -0.1) is 0 Å². The molecule has 1 amide bonds. The Morgan fingerprint density at radius 2 is 1.78 bits per heavy atom. The van der Waals surface area contributed by atoms with Crippen LogP contribution in [0.15, 0.2) is 71.5 Å². The van der Waals surface area contributed by atoms with Gasteiger partial charge in [-0.1, -0.05) is 35.9 Å². The van der Waals surface area contributed by atoms with Gasteiger partial charge in [0.2, 0.25) is 0 Å². The first-order valence-electron chi connectivity index (χ1n) is 15.8. The lowest BCUT2D eigenvalue weighted by molar-refractivity contribution is -0.135. The zero-order valence-electron chi connectivity index (χ0n) is 27.1. The number of rotatable bonds is 12. The molecule has 1 aromatic heterocycles. The van der Waals surface area contributed by atoms with Crippen molar-refractivity contribution >= 4 is 16.8 Å². The maximum Gasteiger partial charge on any atom is 0.266 e. The fourth-order valence-electron chi connectivity index (χ4n) is 5.58. The highest BCUT2D eigenvalue weighted by Gasteiger charge is 2.25. The molecule has 0 radical (unpaired) electrons. The molecule has 0 saturated carbocycles. The number of amides is 1. The zero-order chi connectivity index (χ0) is 32.6. The number of ether oxygens (including phenoxy) is 2. The fraction of sp³-hybridized carbons (Fsp3) is 0.389. The van der Waals surface area contributed by atoms with Gasteiger partial charge in [0.05, 0.1) is 35.3 Å². The Bertz CT molecular complexity index is 1750. The van der Waals surface area contributed by atoms with Crippen molar-refractivity contribution in [2.75, 3.05) is 46.4 Å². The Morgan fingerprint density at radius 1 is 1.04 bits per heavy atom. The molecule has 10 heteroatoms. The summed E-state index contributed by atoms with van der Waals surface area (Å²) in [5.41, 5.74) is 3.25. The predicted octanol–water partition coefficient (Wildman–Crippen LogP) is 4.55. The van der Waals surface area contributed by atoms with Crippen molar-refractivity contribution < 1.29 is 14.3 Å². The van der Waals surface area contributed by atoms with E-state index in [1.807, 2.05) is 93.4 Å². The first kappa shape index (κ1) is 32.7. The Kier molecular flexibility index (Phi) is 10.7. The number of benzene rings is 3. The Balaban J connectivity index is 1.40. The van der Waals surface area contributed by atoms with E-state index in [1.54, 1.807) is 10.6 Å². The molecule has 0 aliphatic carbocycles. The molecule has 0 unspecified atom stereocenters. The second kappa shape index (κ2) is 15.0. The summed E-state index contributed by atoms with van der Waals surface area (Å²) in [6.07, 6.45) is 0.338. The minimum Gasteiger partial charge on any atom is -0.489 e. The van der Waals surface area contributed by atoms with E-state index in [-0.39, 0.29) is 24.2 Å². The van der Waals surface area contributed by atoms with Crippen LogP contribution in [0.2, 0.25) is 0 Å². The number of nitrogens with zero attached hydrogens (tertiary/aromatic N) is 6. The highest BCUT2D eigenvalue weighted by Crippen LogP contribution is 2.27. The molecule has 0 atom stereocenters. The van der Waals surface area contributed by atoms with E-state index in [1.165, 1.54) is 0 Å². The van der Waals surface area contributed by atoms with Crippen LogP contribution < -0.4 is 15.0 Å². The van der Waals surface area contributed by atoms with Crippen molar-refractivity contribution in [3.05, 3.63) is 94.0 Å². The van der Waals surface area contributed by atoms with Crippen LogP contribution in [-0.4, -0.2) is 82.6 Å². The molecule has 4 aromatic rings. The fourth-order valence-corrected chi connectivity index (χ4v) is 5.58. The number of aromatic nitrogens is 2. The molecule has 0 bridgehead atoms. The summed E-state index contributed by atoms with van der Waals surface area (Å²) in [6, 6.07) is 23.2. The number of fused-ring (bicyclic) bond motifs is 1. The number of hydrogen-bond acceptors (Lipinski definition) is 8. The zero-order valence-corrected chi connectivity index (χ0v) is 27.1. The van der Waals surface area contributed by atoms with Gasteiger partial charge in [0.15, 0.2) is 6.61 Å². The second-order valence-electron chi connectivity index (χ2n) is 12.1. The molecule has 1 saturated heterocycles. The van der Waals surface area contributed by atoms with Crippen LogP contribution in [0.5, 0.6) is 11.5 Å². The summed E-state index contributed by atoms with van der Waals surface area (Å²) < 4.78 is 13.6. The lowest BCUT2D eigenvalue weighted by atomic mass is 10.1. The van der Waals surface area contributed by atoms with Gasteiger partial charge >= 0.3 is 0 Å². The Labute approximate surface area is 270 Å². The number of hydrogen-bond donors (Lipinski definition) is 0. The summed E-state index contributed by atoms with van der Waals surface area (Å²) in [4.78, 5) is 38.2. The number of aryl methyl sites for hydroxylation is 1. The van der Waals surface area contributed by atoms with Gasteiger partial charge in [-0.25, -0.2) is 4.98 Å². The average Bonchev–Trinajstić information content (AvgIpc) is 3.04. The SMILES string of the molecule is Cc1ccc(OCC(=O)N2CCN(Cc3nc4ccccc4c(=O)n3-c3cc(CN(C)CCC#N)ccc3OC(C)C)CC2)cc1. The summed E-state index contributed by atoms with van der Waals surface area (Å²) in [5.74, 6) is 1.84. The van der Waals surface area contributed by atoms with E-state index >= 15 is 0 Å². The number of piperazine rings is 1. The van der Waals surface area contributed by atoms with Gasteiger partial charge in [0, 0.05) is 45.7 Å². The van der Waals surface area contributed by atoms with Crippen LogP contribution in [0, 0.1) is 18.3 Å². The lowest BCUT2D eigenvalue weighted by Gasteiger charge is -2.34. The quantitative estimate of drug-likeness (QED) is 0.227. The number of carbonyl (C=O) groups is 1. The smallest absolute Gasteiger partial charge is 0.266 e. The van der Waals surface area contributed by atoms with Crippen molar-refractivity contribution in [3.63, 3.8) is 0 Å². The van der Waals surface area contributed by atoms with Gasteiger partial charge in [-0.05, 0) is 69.8 Å². The van der Waals surface area contributed by atoms with E-state index in [2.05, 4.69) is 15.9 Å². The molecule has 1 aliphatic rings. The second-order valence-corrected chi connectivity index (χ2v) is 12.1. The third kappa shape index (κ3) is 8.10. The minimum atomic E-state index is -0.161. The van der Waals surface area contributed by atoms with Gasteiger partial charge in [0.25, 0.3) is 11.5 Å². The van der Waals surface area contributed by atoms with Crippen molar-refractivity contribution in [3.8, 4) is 23.3 Å². The molecule has 5 rings (SSSR count). The average molecular weight is 623 g/mol. The molecular formula is C36H42N6O4. The minimum absolute atomic E-state index is 0.00446. The molecule has 3 aromatic carbocycles. The van der Waals surface area contributed by atoms with E-state index in [0.717, 1.165) is 11.1 Å². The highest BCUT2D eigenvalue weighted by atomic mass is 16.5. The first-order chi connectivity index (χ1) is 22.2. The standard InChI is InChI=1S/C36H42N6O4/c1-26(2)46-33-15-12-28(23-39(4)17-7-16-37)22-32(33)42-34(38-31-9-6-5-8-30(31)36(42)44)24-40-18-20-41(21-19-40)35(43)25-45-29-13-10-27(3)11-14-29/h5-6,8-15,22,26H,7,17-21,23-25H2,1-4H3. The number of nitriles is 1. The van der Waals surface area contributed by atoms with Gasteiger partial charge in [0.1, 0.15) is 17.3 Å². The molecule has 0 N–H and O–H groups in total. The Morgan fingerprint density at radius 3 is 2.50 bits per heavy atom. The third-order valence-corrected chi connectivity index (χ3v) is 8.00. The van der Waals surface area contributed by atoms with E-state index in [0.29, 0.717) is 86.1 Å². The molecule has 46 heavy (non-hydrogen) atoms. The largest absolute Gasteiger partial charge is 0.489 e. The topological polar surface area (TPSA) is 104 Å². The van der Waals surface area contributed by atoms with Crippen molar-refractivity contribution in [1.82, 2.24) is 24.3 Å².